The second-order valence-electron chi connectivity index (χ2n) is 3.55. The lowest BCUT2D eigenvalue weighted by Gasteiger charge is -2.22. The Labute approximate surface area is 87.6 Å². The molecule has 6 heteroatoms. The molecule has 1 saturated heterocycles. The Morgan fingerprint density at radius 3 is 3.00 bits per heavy atom. The van der Waals surface area contributed by atoms with Crippen molar-refractivity contribution in [2.24, 2.45) is 0 Å². The first-order valence-electron chi connectivity index (χ1n) is 5.04. The first kappa shape index (κ1) is 10.1. The first-order valence-corrected chi connectivity index (χ1v) is 5.04. The molecule has 0 radical (unpaired) electrons. The molecule has 1 N–H and O–H groups in total. The van der Waals surface area contributed by atoms with Crippen molar-refractivity contribution in [1.82, 2.24) is 20.1 Å². The van der Waals surface area contributed by atoms with Gasteiger partial charge in [0, 0.05) is 19.3 Å². The number of hydrogen-bond donors (Lipinski definition) is 1. The second kappa shape index (κ2) is 4.88. The van der Waals surface area contributed by atoms with E-state index >= 15 is 0 Å². The third-order valence-electron chi connectivity index (χ3n) is 2.36. The Hall–Kier alpha value is -1.43. The molecule has 0 atom stereocenters. The smallest absolute Gasteiger partial charge is 0.242 e. The average Bonchev–Trinajstić information content (AvgIpc) is 2.71. The molecule has 1 aliphatic heterocycles. The molecule has 6 nitrogen and oxygen atoms in total. The highest BCUT2D eigenvalue weighted by molar-refractivity contribution is 5.75. The van der Waals surface area contributed by atoms with Gasteiger partial charge in [-0.3, -0.25) is 4.79 Å². The van der Waals surface area contributed by atoms with Crippen LogP contribution in [0.2, 0.25) is 0 Å². The highest BCUT2D eigenvalue weighted by Gasteiger charge is 2.15. The van der Waals surface area contributed by atoms with Crippen LogP contribution in [0.5, 0.6) is 0 Å². The maximum absolute atomic E-state index is 11.5. The minimum atomic E-state index is -0.0209. The molecule has 0 aromatic carbocycles. The Kier molecular flexibility index (Phi) is 3.29. The molecule has 15 heavy (non-hydrogen) atoms. The van der Waals surface area contributed by atoms with Gasteiger partial charge in [-0.1, -0.05) is 0 Å². The van der Waals surface area contributed by atoms with Gasteiger partial charge in [0.1, 0.15) is 19.2 Å². The van der Waals surface area contributed by atoms with E-state index < -0.39 is 0 Å². The molecule has 1 amide bonds. The van der Waals surface area contributed by atoms with E-state index in [4.69, 9.17) is 4.74 Å². The molecule has 1 aromatic heterocycles. The van der Waals surface area contributed by atoms with E-state index in [0.29, 0.717) is 0 Å². The maximum atomic E-state index is 11.5. The fraction of sp³-hybridized carbons (Fsp3) is 0.667. The zero-order valence-corrected chi connectivity index (χ0v) is 8.43. The lowest BCUT2D eigenvalue weighted by molar-refractivity contribution is -0.123. The van der Waals surface area contributed by atoms with Crippen LogP contribution in [0.3, 0.4) is 0 Å². The van der Waals surface area contributed by atoms with Crippen molar-refractivity contribution < 1.29 is 9.53 Å². The number of rotatable bonds is 3. The summed E-state index contributed by atoms with van der Waals surface area (Å²) in [5.74, 6) is -0.0209. The summed E-state index contributed by atoms with van der Waals surface area (Å²) >= 11 is 0. The topological polar surface area (TPSA) is 69.0 Å². The van der Waals surface area contributed by atoms with Gasteiger partial charge in [0.25, 0.3) is 0 Å². The largest absolute Gasteiger partial charge is 0.381 e. The molecular weight excluding hydrogens is 196 g/mol. The number of aromatic nitrogens is 3. The van der Waals surface area contributed by atoms with E-state index in [2.05, 4.69) is 15.4 Å². The molecule has 2 heterocycles. The van der Waals surface area contributed by atoms with Crippen molar-refractivity contribution in [1.29, 1.82) is 0 Å². The van der Waals surface area contributed by atoms with Crippen molar-refractivity contribution in [2.75, 3.05) is 13.2 Å². The summed E-state index contributed by atoms with van der Waals surface area (Å²) in [6, 6.07) is 0.245. The zero-order chi connectivity index (χ0) is 10.5. The normalized spacial score (nSPS) is 17.6. The number of ether oxygens (including phenoxy) is 1. The zero-order valence-electron chi connectivity index (χ0n) is 8.43. The Bertz CT molecular complexity index is 306. The Balaban J connectivity index is 1.76. The monoisotopic (exact) mass is 210 g/mol. The third-order valence-corrected chi connectivity index (χ3v) is 2.36. The second-order valence-corrected chi connectivity index (χ2v) is 3.55. The number of carbonyl (C=O) groups excluding carboxylic acids is 1. The van der Waals surface area contributed by atoms with E-state index in [1.807, 2.05) is 0 Å². The fourth-order valence-electron chi connectivity index (χ4n) is 1.58. The number of nitrogens with one attached hydrogen (secondary N) is 1. The minimum Gasteiger partial charge on any atom is -0.381 e. The lowest BCUT2D eigenvalue weighted by atomic mass is 10.1. The molecule has 0 unspecified atom stereocenters. The summed E-state index contributed by atoms with van der Waals surface area (Å²) in [5, 5.41) is 6.82. The Morgan fingerprint density at radius 1 is 1.53 bits per heavy atom. The van der Waals surface area contributed by atoms with Crippen molar-refractivity contribution in [3.63, 3.8) is 0 Å². The van der Waals surface area contributed by atoms with Crippen molar-refractivity contribution in [3.8, 4) is 0 Å². The average molecular weight is 210 g/mol. The van der Waals surface area contributed by atoms with Gasteiger partial charge in [-0.2, -0.15) is 5.10 Å². The molecule has 82 valence electrons. The summed E-state index contributed by atoms with van der Waals surface area (Å²) in [6.07, 6.45) is 4.73. The van der Waals surface area contributed by atoms with Crippen molar-refractivity contribution in [2.45, 2.75) is 25.4 Å². The molecule has 0 saturated carbocycles. The summed E-state index contributed by atoms with van der Waals surface area (Å²) in [7, 11) is 0. The predicted octanol–water partition coefficient (Wildman–Crippen LogP) is -0.427. The van der Waals surface area contributed by atoms with Gasteiger partial charge in [-0.15, -0.1) is 0 Å². The van der Waals surface area contributed by atoms with E-state index in [-0.39, 0.29) is 18.5 Å². The standard InChI is InChI=1S/C9H14N4O2/c14-9(5-13-7-10-6-11-13)12-8-1-3-15-4-2-8/h6-8H,1-5H2,(H,12,14). The maximum Gasteiger partial charge on any atom is 0.242 e. The summed E-state index contributed by atoms with van der Waals surface area (Å²) in [5.41, 5.74) is 0. The summed E-state index contributed by atoms with van der Waals surface area (Å²) in [6.45, 7) is 1.69. The van der Waals surface area contributed by atoms with E-state index in [1.54, 1.807) is 0 Å². The van der Waals surface area contributed by atoms with Crippen LogP contribution in [0.4, 0.5) is 0 Å². The van der Waals surface area contributed by atoms with Crippen LogP contribution in [0.25, 0.3) is 0 Å². The molecule has 2 rings (SSSR count). The minimum absolute atomic E-state index is 0.0209. The molecule has 1 aromatic rings. The van der Waals surface area contributed by atoms with Crippen LogP contribution in [-0.4, -0.2) is 39.9 Å². The molecule has 0 spiro atoms. The quantitative estimate of drug-likeness (QED) is 0.735. The Morgan fingerprint density at radius 2 is 2.33 bits per heavy atom. The van der Waals surface area contributed by atoms with Gasteiger partial charge in [0.2, 0.25) is 5.91 Å². The van der Waals surface area contributed by atoms with Crippen molar-refractivity contribution in [3.05, 3.63) is 12.7 Å². The van der Waals surface area contributed by atoms with Crippen LogP contribution in [0, 0.1) is 0 Å². The van der Waals surface area contributed by atoms with Gasteiger partial charge >= 0.3 is 0 Å². The SMILES string of the molecule is O=C(Cn1cncn1)NC1CCOCC1. The van der Waals surface area contributed by atoms with E-state index in [9.17, 15) is 4.79 Å². The van der Waals surface area contributed by atoms with Gasteiger partial charge in [0.15, 0.2) is 0 Å². The van der Waals surface area contributed by atoms with Crippen molar-refractivity contribution >= 4 is 5.91 Å². The summed E-state index contributed by atoms with van der Waals surface area (Å²) < 4.78 is 6.72. The van der Waals surface area contributed by atoms with Crippen LogP contribution in [0.15, 0.2) is 12.7 Å². The van der Waals surface area contributed by atoms with Crippen LogP contribution in [-0.2, 0) is 16.1 Å². The lowest BCUT2D eigenvalue weighted by Crippen LogP contribution is -2.40. The molecule has 0 bridgehead atoms. The van der Waals surface area contributed by atoms with Crippen LogP contribution < -0.4 is 5.32 Å². The highest BCUT2D eigenvalue weighted by Crippen LogP contribution is 2.05. The molecule has 1 aliphatic rings. The number of carbonyl (C=O) groups is 1. The van der Waals surface area contributed by atoms with Crippen LogP contribution >= 0.6 is 0 Å². The molecule has 0 aliphatic carbocycles. The molecule has 1 fully saturated rings. The highest BCUT2D eigenvalue weighted by atomic mass is 16.5. The van der Waals surface area contributed by atoms with Gasteiger partial charge < -0.3 is 10.1 Å². The summed E-state index contributed by atoms with van der Waals surface area (Å²) in [4.78, 5) is 15.3. The third kappa shape index (κ3) is 3.02. The van der Waals surface area contributed by atoms with Gasteiger partial charge in [-0.05, 0) is 12.8 Å². The predicted molar refractivity (Wildman–Crippen MR) is 52.0 cm³/mol. The van der Waals surface area contributed by atoms with E-state index in [1.165, 1.54) is 17.3 Å². The fourth-order valence-corrected chi connectivity index (χ4v) is 1.58. The number of amides is 1. The van der Waals surface area contributed by atoms with Gasteiger partial charge in [0.05, 0.1) is 0 Å². The van der Waals surface area contributed by atoms with E-state index in [0.717, 1.165) is 26.1 Å². The van der Waals surface area contributed by atoms with Crippen LogP contribution in [0.1, 0.15) is 12.8 Å². The number of nitrogens with zero attached hydrogens (tertiary/aromatic N) is 3. The van der Waals surface area contributed by atoms with Gasteiger partial charge in [-0.25, -0.2) is 9.67 Å². The molecular formula is C9H14N4O2. The first-order chi connectivity index (χ1) is 7.34. The number of hydrogen-bond acceptors (Lipinski definition) is 4.